The van der Waals surface area contributed by atoms with Crippen LogP contribution in [0.3, 0.4) is 0 Å². The molecule has 5 nitrogen and oxygen atoms in total. The molecule has 5 aromatic heterocycles. The van der Waals surface area contributed by atoms with Gasteiger partial charge in [0.1, 0.15) is 10.5 Å². The summed E-state index contributed by atoms with van der Waals surface area (Å²) in [7, 11) is 0. The summed E-state index contributed by atoms with van der Waals surface area (Å²) in [6, 6.07) is 38.8. The first-order chi connectivity index (χ1) is 20.3. The molecule has 0 radical (unpaired) electrons. The minimum Gasteiger partial charge on any atom is -0.309 e. The zero-order valence-corrected chi connectivity index (χ0v) is 22.6. The Hall–Kier alpha value is -5.33. The average molecular weight is 544 g/mol. The lowest BCUT2D eigenvalue weighted by atomic mass is 10.1. The minimum absolute atomic E-state index is 0.865. The standard InChI is InChI=1S/C35H21N5S/c1-2-8-22(9-3-1)39-30-12-6-4-10-24(30)26-19-33-27(18-32(26)39)25-11-5-7-13-31(25)40(33)23-14-15-28(37-20-23)35-38-29-21-36-17-16-34(29)41-35/h1-21H. The molecule has 5 heterocycles. The fourth-order valence-electron chi connectivity index (χ4n) is 6.10. The van der Waals surface area contributed by atoms with Crippen molar-refractivity contribution in [2.75, 3.05) is 0 Å². The monoisotopic (exact) mass is 543 g/mol. The number of pyridine rings is 2. The summed E-state index contributed by atoms with van der Waals surface area (Å²) >= 11 is 1.64. The molecule has 0 spiro atoms. The van der Waals surface area contributed by atoms with Crippen LogP contribution in [0.15, 0.2) is 128 Å². The number of aromatic nitrogens is 5. The lowest BCUT2D eigenvalue weighted by molar-refractivity contribution is 1.14. The lowest BCUT2D eigenvalue weighted by Gasteiger charge is -2.09. The predicted octanol–water partition coefficient (Wildman–Crippen LogP) is 8.95. The zero-order valence-electron chi connectivity index (χ0n) is 21.8. The van der Waals surface area contributed by atoms with E-state index in [0.717, 1.165) is 43.3 Å². The summed E-state index contributed by atoms with van der Waals surface area (Å²) in [5.41, 5.74) is 8.67. The van der Waals surface area contributed by atoms with Gasteiger partial charge in [-0.05, 0) is 54.6 Å². The second kappa shape index (κ2) is 8.58. The van der Waals surface area contributed by atoms with Crippen LogP contribution in [0.4, 0.5) is 0 Å². The highest BCUT2D eigenvalue weighted by Gasteiger charge is 2.18. The van der Waals surface area contributed by atoms with E-state index in [4.69, 9.17) is 9.97 Å². The maximum atomic E-state index is 4.87. The SMILES string of the molecule is c1ccc(-n2c3ccccc3c3cc4c(cc32)c2ccccc2n4-c2ccc(-c3nc4cnccc4s3)nc2)cc1. The molecular weight excluding hydrogens is 522 g/mol. The van der Waals surface area contributed by atoms with E-state index in [-0.39, 0.29) is 0 Å². The highest BCUT2D eigenvalue weighted by atomic mass is 32.1. The molecule has 9 rings (SSSR count). The van der Waals surface area contributed by atoms with Crippen LogP contribution in [-0.2, 0) is 0 Å². The molecule has 0 saturated carbocycles. The van der Waals surface area contributed by atoms with Gasteiger partial charge in [-0.25, -0.2) is 4.98 Å². The highest BCUT2D eigenvalue weighted by Crippen LogP contribution is 2.39. The van der Waals surface area contributed by atoms with Crippen molar-refractivity contribution in [1.82, 2.24) is 24.1 Å². The molecule has 0 bridgehead atoms. The summed E-state index contributed by atoms with van der Waals surface area (Å²) in [6.45, 7) is 0. The normalized spacial score (nSPS) is 11.9. The van der Waals surface area contributed by atoms with Gasteiger partial charge in [0.05, 0.1) is 50.5 Å². The Bertz CT molecular complexity index is 2380. The molecule has 0 fully saturated rings. The number of thiazole rings is 1. The number of hydrogen-bond donors (Lipinski definition) is 0. The smallest absolute Gasteiger partial charge is 0.143 e. The van der Waals surface area contributed by atoms with Gasteiger partial charge < -0.3 is 9.13 Å². The summed E-state index contributed by atoms with van der Waals surface area (Å²) < 4.78 is 5.82. The number of benzene rings is 4. The van der Waals surface area contributed by atoms with E-state index in [1.54, 1.807) is 23.7 Å². The van der Waals surface area contributed by atoms with E-state index >= 15 is 0 Å². The Morgan fingerprint density at radius 1 is 0.537 bits per heavy atom. The van der Waals surface area contributed by atoms with Crippen molar-refractivity contribution in [1.29, 1.82) is 0 Å². The van der Waals surface area contributed by atoms with Gasteiger partial charge in [0.2, 0.25) is 0 Å². The fraction of sp³-hybridized carbons (Fsp3) is 0. The maximum absolute atomic E-state index is 4.87. The molecule has 41 heavy (non-hydrogen) atoms. The van der Waals surface area contributed by atoms with Crippen LogP contribution in [0.1, 0.15) is 0 Å². The Balaban J connectivity index is 1.30. The second-order valence-electron chi connectivity index (χ2n) is 10.2. The van der Waals surface area contributed by atoms with E-state index in [0.29, 0.717) is 0 Å². The molecule has 9 aromatic rings. The van der Waals surface area contributed by atoms with Crippen LogP contribution in [0, 0.1) is 0 Å². The van der Waals surface area contributed by atoms with E-state index in [2.05, 4.69) is 117 Å². The summed E-state index contributed by atoms with van der Waals surface area (Å²) in [4.78, 5) is 13.8. The van der Waals surface area contributed by atoms with Crippen molar-refractivity contribution in [2.45, 2.75) is 0 Å². The average Bonchev–Trinajstić information content (AvgIpc) is 3.71. The molecule has 6 heteroatoms. The van der Waals surface area contributed by atoms with Crippen LogP contribution in [-0.4, -0.2) is 24.1 Å². The van der Waals surface area contributed by atoms with Crippen LogP contribution in [0.2, 0.25) is 0 Å². The number of para-hydroxylation sites is 3. The number of nitrogens with zero attached hydrogens (tertiary/aromatic N) is 5. The molecule has 192 valence electrons. The first-order valence-corrected chi connectivity index (χ1v) is 14.3. The van der Waals surface area contributed by atoms with Crippen molar-refractivity contribution in [3.05, 3.63) is 128 Å². The van der Waals surface area contributed by atoms with E-state index in [1.165, 1.54) is 32.6 Å². The van der Waals surface area contributed by atoms with Crippen LogP contribution < -0.4 is 0 Å². The minimum atomic E-state index is 0.865. The number of rotatable bonds is 3. The Morgan fingerprint density at radius 2 is 1.20 bits per heavy atom. The molecule has 0 aliphatic rings. The van der Waals surface area contributed by atoms with Gasteiger partial charge in [0.25, 0.3) is 0 Å². The number of fused-ring (bicyclic) bond motifs is 7. The van der Waals surface area contributed by atoms with E-state index in [1.807, 2.05) is 12.3 Å². The molecule has 4 aromatic carbocycles. The zero-order chi connectivity index (χ0) is 26.9. The van der Waals surface area contributed by atoms with Gasteiger partial charge in [-0.3, -0.25) is 9.97 Å². The first-order valence-electron chi connectivity index (χ1n) is 13.5. The lowest BCUT2D eigenvalue weighted by Crippen LogP contribution is -1.96. The van der Waals surface area contributed by atoms with Crippen molar-refractivity contribution >= 4 is 65.2 Å². The Morgan fingerprint density at radius 3 is 1.85 bits per heavy atom. The van der Waals surface area contributed by atoms with Crippen LogP contribution >= 0.6 is 11.3 Å². The molecule has 0 amide bonds. The Kier molecular flexibility index (Phi) is 4.71. The van der Waals surface area contributed by atoms with Gasteiger partial charge in [-0.15, -0.1) is 11.3 Å². The first kappa shape index (κ1) is 22.5. The molecule has 0 aliphatic carbocycles. The van der Waals surface area contributed by atoms with Crippen molar-refractivity contribution in [2.24, 2.45) is 0 Å². The third kappa shape index (κ3) is 3.31. The number of hydrogen-bond acceptors (Lipinski definition) is 4. The largest absolute Gasteiger partial charge is 0.309 e. The highest BCUT2D eigenvalue weighted by molar-refractivity contribution is 7.21. The van der Waals surface area contributed by atoms with E-state index < -0.39 is 0 Å². The van der Waals surface area contributed by atoms with Crippen molar-refractivity contribution < 1.29 is 0 Å². The van der Waals surface area contributed by atoms with Crippen LogP contribution in [0.5, 0.6) is 0 Å². The van der Waals surface area contributed by atoms with Gasteiger partial charge >= 0.3 is 0 Å². The Labute approximate surface area is 238 Å². The maximum Gasteiger partial charge on any atom is 0.143 e. The topological polar surface area (TPSA) is 48.5 Å². The molecular formula is C35H21N5S. The van der Waals surface area contributed by atoms with Gasteiger partial charge in [0, 0.05) is 33.4 Å². The fourth-order valence-corrected chi connectivity index (χ4v) is 7.01. The van der Waals surface area contributed by atoms with Crippen LogP contribution in [0.25, 0.3) is 75.9 Å². The summed E-state index contributed by atoms with van der Waals surface area (Å²) in [5, 5.41) is 5.81. The summed E-state index contributed by atoms with van der Waals surface area (Å²) in [6.07, 6.45) is 5.57. The third-order valence-corrected chi connectivity index (χ3v) is 8.95. The molecule has 0 aliphatic heterocycles. The van der Waals surface area contributed by atoms with Gasteiger partial charge in [0.15, 0.2) is 0 Å². The second-order valence-corrected chi connectivity index (χ2v) is 11.2. The third-order valence-electron chi connectivity index (χ3n) is 7.90. The van der Waals surface area contributed by atoms with Gasteiger partial charge in [-0.2, -0.15) is 0 Å². The summed E-state index contributed by atoms with van der Waals surface area (Å²) in [5.74, 6) is 0. The van der Waals surface area contributed by atoms with Gasteiger partial charge in [-0.1, -0.05) is 54.6 Å². The molecule has 0 saturated heterocycles. The van der Waals surface area contributed by atoms with Crippen molar-refractivity contribution in [3.63, 3.8) is 0 Å². The molecule has 0 N–H and O–H groups in total. The quantitative estimate of drug-likeness (QED) is 0.223. The van der Waals surface area contributed by atoms with E-state index in [9.17, 15) is 0 Å². The molecule has 0 atom stereocenters. The van der Waals surface area contributed by atoms with Crippen molar-refractivity contribution in [3.8, 4) is 22.1 Å². The molecule has 0 unspecified atom stereocenters. The predicted molar refractivity (Wildman–Crippen MR) is 169 cm³/mol.